The second-order valence-corrected chi connectivity index (χ2v) is 4.54. The molecule has 2 aromatic carbocycles. The van der Waals surface area contributed by atoms with Crippen LogP contribution in [0, 0.1) is 11.3 Å². The van der Waals surface area contributed by atoms with Crippen LogP contribution in [0.1, 0.15) is 29.3 Å². The van der Waals surface area contributed by atoms with Crippen LogP contribution >= 0.6 is 0 Å². The summed E-state index contributed by atoms with van der Waals surface area (Å²) in [7, 11) is 1.96. The summed E-state index contributed by atoms with van der Waals surface area (Å²) in [6.45, 7) is 1.86. The first-order valence-electron chi connectivity index (χ1n) is 6.53. The molecule has 0 aliphatic rings. The first kappa shape index (κ1) is 13.8. The smallest absolute Gasteiger partial charge is 0.162 e. The Hall–Kier alpha value is -2.60. The van der Waals surface area contributed by atoms with Crippen LogP contribution in [0.25, 0.3) is 0 Å². The Labute approximate surface area is 119 Å². The zero-order valence-electron chi connectivity index (χ0n) is 11.6. The molecule has 3 nitrogen and oxygen atoms in total. The molecule has 0 aliphatic carbocycles. The molecule has 2 rings (SSSR count). The highest BCUT2D eigenvalue weighted by Gasteiger charge is 2.06. The van der Waals surface area contributed by atoms with E-state index < -0.39 is 0 Å². The maximum absolute atomic E-state index is 11.6. The summed E-state index contributed by atoms with van der Waals surface area (Å²) in [5.41, 5.74) is 3.39. The molecule has 0 aliphatic heterocycles. The quantitative estimate of drug-likeness (QED) is 0.786. The summed E-state index contributed by atoms with van der Waals surface area (Å²) >= 11 is 0. The molecule has 0 atom stereocenters. The van der Waals surface area contributed by atoms with Gasteiger partial charge < -0.3 is 4.90 Å². The highest BCUT2D eigenvalue weighted by atomic mass is 16.1. The lowest BCUT2D eigenvalue weighted by Crippen LogP contribution is -2.09. The summed E-state index contributed by atoms with van der Waals surface area (Å²) in [5, 5.41) is 8.79. The molecule has 0 amide bonds. The molecular weight excluding hydrogens is 248 g/mol. The zero-order chi connectivity index (χ0) is 14.5. The van der Waals surface area contributed by atoms with E-state index in [1.165, 1.54) is 0 Å². The number of benzene rings is 2. The molecule has 0 heterocycles. The van der Waals surface area contributed by atoms with E-state index in [0.717, 1.165) is 16.9 Å². The van der Waals surface area contributed by atoms with Gasteiger partial charge in [0.05, 0.1) is 11.6 Å². The van der Waals surface area contributed by atoms with Gasteiger partial charge in [0.25, 0.3) is 0 Å². The van der Waals surface area contributed by atoms with Crippen molar-refractivity contribution in [3.63, 3.8) is 0 Å². The second-order valence-electron chi connectivity index (χ2n) is 4.54. The molecule has 0 aromatic heterocycles. The van der Waals surface area contributed by atoms with Crippen LogP contribution in [-0.4, -0.2) is 12.8 Å². The van der Waals surface area contributed by atoms with Gasteiger partial charge in [-0.05, 0) is 48.5 Å². The summed E-state index contributed by atoms with van der Waals surface area (Å²) in [6, 6.07) is 17.1. The normalized spacial score (nSPS) is 9.85. The highest BCUT2D eigenvalue weighted by molar-refractivity contribution is 5.96. The van der Waals surface area contributed by atoms with Crippen molar-refractivity contribution < 1.29 is 4.79 Å². The van der Waals surface area contributed by atoms with Gasteiger partial charge in [0.15, 0.2) is 5.78 Å². The van der Waals surface area contributed by atoms with E-state index in [9.17, 15) is 4.79 Å². The predicted octanol–water partition coefficient (Wildman–Crippen LogP) is 3.92. The van der Waals surface area contributed by atoms with Gasteiger partial charge in [0, 0.05) is 30.4 Å². The molecule has 0 radical (unpaired) electrons. The van der Waals surface area contributed by atoms with Gasteiger partial charge >= 0.3 is 0 Å². The van der Waals surface area contributed by atoms with Crippen molar-refractivity contribution in [2.45, 2.75) is 13.3 Å². The third-order valence-electron chi connectivity index (χ3n) is 3.28. The first-order valence-corrected chi connectivity index (χ1v) is 6.53. The van der Waals surface area contributed by atoms with Gasteiger partial charge in [0.2, 0.25) is 0 Å². The molecule has 0 unspecified atom stereocenters. The number of carbonyl (C=O) groups excluding carboxylic acids is 1. The molecule has 0 fully saturated rings. The van der Waals surface area contributed by atoms with Gasteiger partial charge in [-0.3, -0.25) is 4.79 Å². The van der Waals surface area contributed by atoms with Crippen LogP contribution in [0.3, 0.4) is 0 Å². The van der Waals surface area contributed by atoms with Crippen molar-refractivity contribution in [1.82, 2.24) is 0 Å². The van der Waals surface area contributed by atoms with Gasteiger partial charge in [-0.2, -0.15) is 5.26 Å². The van der Waals surface area contributed by atoms with Crippen molar-refractivity contribution in [3.05, 3.63) is 59.7 Å². The number of ketones is 1. The fourth-order valence-corrected chi connectivity index (χ4v) is 1.98. The van der Waals surface area contributed by atoms with E-state index in [-0.39, 0.29) is 5.78 Å². The average Bonchev–Trinajstić information content (AvgIpc) is 2.53. The molecule has 0 spiro atoms. The molecule has 0 saturated heterocycles. The summed E-state index contributed by atoms with van der Waals surface area (Å²) in [5.74, 6) is 0.151. The van der Waals surface area contributed by atoms with Gasteiger partial charge in [-0.25, -0.2) is 0 Å². The maximum Gasteiger partial charge on any atom is 0.162 e. The number of carbonyl (C=O) groups is 1. The Kier molecular flexibility index (Phi) is 4.17. The zero-order valence-corrected chi connectivity index (χ0v) is 11.6. The molecule has 20 heavy (non-hydrogen) atoms. The third-order valence-corrected chi connectivity index (χ3v) is 3.28. The number of nitriles is 1. The predicted molar refractivity (Wildman–Crippen MR) is 80.3 cm³/mol. The fraction of sp³-hybridized carbons (Fsp3) is 0.176. The monoisotopic (exact) mass is 264 g/mol. The lowest BCUT2D eigenvalue weighted by Gasteiger charge is -2.19. The number of hydrogen-bond acceptors (Lipinski definition) is 3. The van der Waals surface area contributed by atoms with Crippen LogP contribution < -0.4 is 4.90 Å². The minimum Gasteiger partial charge on any atom is -0.345 e. The minimum atomic E-state index is 0.151. The van der Waals surface area contributed by atoms with Crippen molar-refractivity contribution in [3.8, 4) is 6.07 Å². The van der Waals surface area contributed by atoms with Crippen LogP contribution in [0.2, 0.25) is 0 Å². The minimum absolute atomic E-state index is 0.151. The van der Waals surface area contributed by atoms with Gasteiger partial charge in [0.1, 0.15) is 0 Å². The Balaban J connectivity index is 2.22. The molecule has 0 N–H and O–H groups in total. The van der Waals surface area contributed by atoms with E-state index in [4.69, 9.17) is 5.26 Å². The van der Waals surface area contributed by atoms with Crippen molar-refractivity contribution >= 4 is 17.2 Å². The van der Waals surface area contributed by atoms with Crippen molar-refractivity contribution in [2.75, 3.05) is 11.9 Å². The Morgan fingerprint density at radius 2 is 1.55 bits per heavy atom. The van der Waals surface area contributed by atoms with Crippen LogP contribution in [0.4, 0.5) is 11.4 Å². The molecule has 100 valence electrons. The molecule has 0 bridgehead atoms. The molecule has 0 saturated carbocycles. The van der Waals surface area contributed by atoms with Crippen LogP contribution in [-0.2, 0) is 0 Å². The van der Waals surface area contributed by atoms with E-state index in [1.54, 1.807) is 12.1 Å². The fourth-order valence-electron chi connectivity index (χ4n) is 1.98. The Morgan fingerprint density at radius 3 is 2.00 bits per heavy atom. The lowest BCUT2D eigenvalue weighted by molar-refractivity contribution is 0.0988. The number of Topliss-reactive ketones (excluding diaryl/α,β-unsaturated/α-hetero) is 1. The van der Waals surface area contributed by atoms with Crippen LogP contribution in [0.5, 0.6) is 0 Å². The SMILES string of the molecule is CCC(=O)c1ccc(N(C)c2ccc(C#N)cc2)cc1. The number of hydrogen-bond donors (Lipinski definition) is 0. The summed E-state index contributed by atoms with van der Waals surface area (Å²) in [6.07, 6.45) is 0.519. The second kappa shape index (κ2) is 6.03. The van der Waals surface area contributed by atoms with E-state index in [2.05, 4.69) is 6.07 Å². The van der Waals surface area contributed by atoms with Gasteiger partial charge in [-0.1, -0.05) is 6.92 Å². The maximum atomic E-state index is 11.6. The van der Waals surface area contributed by atoms with Gasteiger partial charge in [-0.15, -0.1) is 0 Å². The highest BCUT2D eigenvalue weighted by Crippen LogP contribution is 2.24. The standard InChI is InChI=1S/C17H16N2O/c1-3-17(20)14-6-10-16(11-7-14)19(2)15-8-4-13(12-18)5-9-15/h4-11H,3H2,1-2H3. The third kappa shape index (κ3) is 2.86. The number of anilines is 2. The Bertz CT molecular complexity index is 636. The van der Waals surface area contributed by atoms with E-state index in [1.807, 2.05) is 55.3 Å². The number of nitrogens with zero attached hydrogens (tertiary/aromatic N) is 2. The molecule has 2 aromatic rings. The summed E-state index contributed by atoms with van der Waals surface area (Å²) < 4.78 is 0. The lowest BCUT2D eigenvalue weighted by atomic mass is 10.1. The Morgan fingerprint density at radius 1 is 1.05 bits per heavy atom. The molecular formula is C17H16N2O. The van der Waals surface area contributed by atoms with Crippen LogP contribution in [0.15, 0.2) is 48.5 Å². The van der Waals surface area contributed by atoms with E-state index >= 15 is 0 Å². The largest absolute Gasteiger partial charge is 0.345 e. The van der Waals surface area contributed by atoms with Crippen molar-refractivity contribution in [1.29, 1.82) is 5.26 Å². The molecule has 3 heteroatoms. The average molecular weight is 264 g/mol. The summed E-state index contributed by atoms with van der Waals surface area (Å²) in [4.78, 5) is 13.6. The van der Waals surface area contributed by atoms with Crippen molar-refractivity contribution in [2.24, 2.45) is 0 Å². The topological polar surface area (TPSA) is 44.1 Å². The first-order chi connectivity index (χ1) is 9.65. The van der Waals surface area contributed by atoms with E-state index in [0.29, 0.717) is 12.0 Å². The number of rotatable bonds is 4.